The van der Waals surface area contributed by atoms with Crippen molar-refractivity contribution in [2.24, 2.45) is 0 Å². The van der Waals surface area contributed by atoms with Crippen LogP contribution in [0, 0.1) is 6.92 Å². The number of carbonyl (C=O) groups is 2. The maximum absolute atomic E-state index is 11.9. The first kappa shape index (κ1) is 16.7. The first-order valence-corrected chi connectivity index (χ1v) is 7.11. The van der Waals surface area contributed by atoms with Crippen LogP contribution in [-0.2, 0) is 15.1 Å². The minimum absolute atomic E-state index is 0.609. The second kappa shape index (κ2) is 5.95. The number of rotatable bonds is 3. The lowest BCUT2D eigenvalue weighted by Gasteiger charge is -2.28. The summed E-state index contributed by atoms with van der Waals surface area (Å²) < 4.78 is 6.07. The number of alkyl carbamates (subject to hydrolysis) is 1. The van der Waals surface area contributed by atoms with Crippen molar-refractivity contribution in [1.29, 1.82) is 0 Å². The predicted octanol–water partition coefficient (Wildman–Crippen LogP) is 3.70. The Balaban J connectivity index is 2.99. The molecule has 0 bridgehead atoms. The molecule has 0 saturated heterocycles. The van der Waals surface area contributed by atoms with Gasteiger partial charge in [0.25, 0.3) is 0 Å². The number of ether oxygens (including phenoxy) is 1. The largest absolute Gasteiger partial charge is 0.444 e. The lowest BCUT2D eigenvalue weighted by atomic mass is 9.93. The fraction of sp³-hybridized carbons (Fsp3) is 0.467. The zero-order valence-corrected chi connectivity index (χ0v) is 14.0. The molecule has 1 aromatic rings. The molecule has 1 atom stereocenters. The summed E-state index contributed by atoms with van der Waals surface area (Å²) in [5.41, 5.74) is 0.00964. The lowest BCUT2D eigenvalue weighted by Crippen LogP contribution is -2.46. The number of hydrogen-bond donors (Lipinski definition) is 1. The molecule has 4 nitrogen and oxygen atoms in total. The van der Waals surface area contributed by atoms with Gasteiger partial charge in [0, 0.05) is 4.47 Å². The number of carbonyl (C=O) groups excluding carboxylic acids is 2. The van der Waals surface area contributed by atoms with Gasteiger partial charge in [-0.25, -0.2) is 4.79 Å². The van der Waals surface area contributed by atoms with Crippen LogP contribution >= 0.6 is 15.9 Å². The van der Waals surface area contributed by atoms with Gasteiger partial charge in [0.05, 0.1) is 0 Å². The molecule has 1 amide bonds. The van der Waals surface area contributed by atoms with Crippen molar-refractivity contribution in [1.82, 2.24) is 5.32 Å². The van der Waals surface area contributed by atoms with E-state index in [-0.39, 0.29) is 0 Å². The number of aldehydes is 1. The fourth-order valence-corrected chi connectivity index (χ4v) is 1.98. The molecule has 110 valence electrons. The molecule has 0 saturated carbocycles. The summed E-state index contributed by atoms with van der Waals surface area (Å²) in [5, 5.41) is 2.61. The smallest absolute Gasteiger partial charge is 0.408 e. The van der Waals surface area contributed by atoms with Gasteiger partial charge in [-0.2, -0.15) is 0 Å². The predicted molar refractivity (Wildman–Crippen MR) is 81.7 cm³/mol. The molecule has 0 spiro atoms. The monoisotopic (exact) mass is 341 g/mol. The normalized spacial score (nSPS) is 14.3. The zero-order chi connectivity index (χ0) is 15.6. The molecule has 5 heteroatoms. The number of hydrogen-bond acceptors (Lipinski definition) is 3. The van der Waals surface area contributed by atoms with Crippen LogP contribution in [0.15, 0.2) is 22.7 Å². The standard InChI is InChI=1S/C15H20BrNO3/c1-10-6-7-11(8-12(10)16)15(5,9-18)17-13(19)20-14(2,3)4/h6-9H,1-5H3,(H,17,19). The van der Waals surface area contributed by atoms with E-state index in [2.05, 4.69) is 21.2 Å². The van der Waals surface area contributed by atoms with Gasteiger partial charge in [-0.05, 0) is 51.8 Å². The zero-order valence-electron chi connectivity index (χ0n) is 12.4. The molecular formula is C15H20BrNO3. The molecule has 1 aromatic carbocycles. The first-order valence-electron chi connectivity index (χ1n) is 6.31. The number of amides is 1. The number of halogens is 1. The van der Waals surface area contributed by atoms with Crippen molar-refractivity contribution in [3.63, 3.8) is 0 Å². The summed E-state index contributed by atoms with van der Waals surface area (Å²) in [6.45, 7) is 8.91. The first-order chi connectivity index (χ1) is 9.07. The maximum atomic E-state index is 11.9. The van der Waals surface area contributed by atoms with Crippen LogP contribution < -0.4 is 5.32 Å². The molecule has 20 heavy (non-hydrogen) atoms. The summed E-state index contributed by atoms with van der Waals surface area (Å²) in [4.78, 5) is 23.3. The summed E-state index contributed by atoms with van der Waals surface area (Å²) in [5.74, 6) is 0. The van der Waals surface area contributed by atoms with E-state index in [1.807, 2.05) is 25.1 Å². The van der Waals surface area contributed by atoms with Crippen molar-refractivity contribution in [3.8, 4) is 0 Å². The molecule has 1 rings (SSSR count). The average Bonchev–Trinajstić information content (AvgIpc) is 2.29. The Morgan fingerprint density at radius 3 is 2.35 bits per heavy atom. The highest BCUT2D eigenvalue weighted by atomic mass is 79.9. The van der Waals surface area contributed by atoms with E-state index in [4.69, 9.17) is 4.74 Å². The van der Waals surface area contributed by atoms with Crippen molar-refractivity contribution >= 4 is 28.3 Å². The Labute approximate surface area is 128 Å². The molecule has 0 aliphatic carbocycles. The van der Waals surface area contributed by atoms with Crippen LogP contribution in [0.4, 0.5) is 4.79 Å². The number of benzene rings is 1. The number of nitrogens with one attached hydrogen (secondary N) is 1. The van der Waals surface area contributed by atoms with Gasteiger partial charge in [0.1, 0.15) is 17.4 Å². The molecule has 0 heterocycles. The van der Waals surface area contributed by atoms with E-state index in [0.717, 1.165) is 10.0 Å². The van der Waals surface area contributed by atoms with Gasteiger partial charge in [0.2, 0.25) is 0 Å². The molecule has 0 aliphatic rings. The van der Waals surface area contributed by atoms with E-state index >= 15 is 0 Å². The maximum Gasteiger partial charge on any atom is 0.408 e. The third kappa shape index (κ3) is 4.34. The quantitative estimate of drug-likeness (QED) is 0.853. The number of aryl methyl sites for hydroxylation is 1. The average molecular weight is 342 g/mol. The van der Waals surface area contributed by atoms with E-state index < -0.39 is 17.2 Å². The summed E-state index contributed by atoms with van der Waals surface area (Å²) in [7, 11) is 0. The highest BCUT2D eigenvalue weighted by Crippen LogP contribution is 2.25. The lowest BCUT2D eigenvalue weighted by molar-refractivity contribution is -0.113. The second-order valence-electron chi connectivity index (χ2n) is 5.91. The molecule has 0 radical (unpaired) electrons. The Kier molecular flexibility index (Phi) is 4.97. The molecule has 1 N–H and O–H groups in total. The molecule has 0 fully saturated rings. The van der Waals surface area contributed by atoms with Gasteiger partial charge in [-0.3, -0.25) is 0 Å². The minimum atomic E-state index is -1.13. The third-order valence-corrected chi connectivity index (χ3v) is 3.62. The van der Waals surface area contributed by atoms with Gasteiger partial charge < -0.3 is 14.8 Å². The second-order valence-corrected chi connectivity index (χ2v) is 6.77. The SMILES string of the molecule is Cc1ccc(C(C)(C=O)NC(=O)OC(C)(C)C)cc1Br. The van der Waals surface area contributed by atoms with Crippen molar-refractivity contribution in [2.45, 2.75) is 45.8 Å². The highest BCUT2D eigenvalue weighted by Gasteiger charge is 2.30. The van der Waals surface area contributed by atoms with E-state index in [1.54, 1.807) is 27.7 Å². The Hall–Kier alpha value is -1.36. The molecule has 1 unspecified atom stereocenters. The topological polar surface area (TPSA) is 55.4 Å². The van der Waals surface area contributed by atoms with Crippen LogP contribution in [-0.4, -0.2) is 18.0 Å². The minimum Gasteiger partial charge on any atom is -0.444 e. The van der Waals surface area contributed by atoms with E-state index in [0.29, 0.717) is 11.8 Å². The Morgan fingerprint density at radius 2 is 1.90 bits per heavy atom. The van der Waals surface area contributed by atoms with E-state index in [9.17, 15) is 9.59 Å². The summed E-state index contributed by atoms with van der Waals surface area (Å²) >= 11 is 3.42. The molecular weight excluding hydrogens is 322 g/mol. The van der Waals surface area contributed by atoms with Crippen molar-refractivity contribution < 1.29 is 14.3 Å². The summed E-state index contributed by atoms with van der Waals surface area (Å²) in [6.07, 6.45) is 0.0809. The van der Waals surface area contributed by atoms with Crippen LogP contribution in [0.1, 0.15) is 38.8 Å². The van der Waals surface area contributed by atoms with Gasteiger partial charge in [-0.15, -0.1) is 0 Å². The van der Waals surface area contributed by atoms with Gasteiger partial charge >= 0.3 is 6.09 Å². The van der Waals surface area contributed by atoms with Crippen LogP contribution in [0.3, 0.4) is 0 Å². The molecule has 0 aromatic heterocycles. The highest BCUT2D eigenvalue weighted by molar-refractivity contribution is 9.10. The molecule has 0 aliphatic heterocycles. The van der Waals surface area contributed by atoms with Crippen molar-refractivity contribution in [3.05, 3.63) is 33.8 Å². The van der Waals surface area contributed by atoms with Crippen LogP contribution in [0.5, 0.6) is 0 Å². The van der Waals surface area contributed by atoms with Crippen LogP contribution in [0.25, 0.3) is 0 Å². The van der Waals surface area contributed by atoms with Crippen LogP contribution in [0.2, 0.25) is 0 Å². The third-order valence-electron chi connectivity index (χ3n) is 2.77. The Morgan fingerprint density at radius 1 is 1.30 bits per heavy atom. The van der Waals surface area contributed by atoms with Gasteiger partial charge in [0.15, 0.2) is 0 Å². The van der Waals surface area contributed by atoms with Crippen molar-refractivity contribution in [2.75, 3.05) is 0 Å². The summed E-state index contributed by atoms with van der Waals surface area (Å²) in [6, 6.07) is 5.52. The Bertz CT molecular complexity index is 522. The van der Waals surface area contributed by atoms with E-state index in [1.165, 1.54) is 0 Å². The fourth-order valence-electron chi connectivity index (χ4n) is 1.60. The van der Waals surface area contributed by atoms with Gasteiger partial charge in [-0.1, -0.05) is 28.1 Å².